The molecule has 0 fully saturated rings. The van der Waals surface area contributed by atoms with Gasteiger partial charge in [0.25, 0.3) is 0 Å². The van der Waals surface area contributed by atoms with Gasteiger partial charge >= 0.3 is 32.9 Å². The molecule has 0 saturated heterocycles. The van der Waals surface area contributed by atoms with Crippen LogP contribution in [-0.4, -0.2) is 134 Å². The van der Waals surface area contributed by atoms with E-state index in [1.54, 1.807) is 9.80 Å². The standard InChI is InChI=1S/2C6H15NO3.C4H10.4H2O.Ti/c2*8-4-1-7(2-5-9)3-6-10;1-3-4-2;;;;;/h2*8-10H,1-6H2;3-4H2,1-2H3;4*1H2;/q;;;;;;;+4/p-4. The molecule has 0 amide bonds. The first-order valence-corrected chi connectivity index (χ1v) is 12.4. The number of nitrogens with zero attached hydrogens (tertiary/aromatic N) is 2. The maximum absolute atomic E-state index is 8.48. The first-order valence-electron chi connectivity index (χ1n) is 9.60. The Balaban J connectivity index is -0.000000154. The molecular weight excluding hydrogens is 428 g/mol. The number of hydrogen-bond donors (Lipinski definition) is 10. The SMILES string of the molecule is CCCC.OCCN(CCO)CCO.OCCN(CCO)CCO.[OH][Ti]([OH])([OH])[OH]. The number of rotatable bonds is 13. The van der Waals surface area contributed by atoms with Gasteiger partial charge in [0.2, 0.25) is 0 Å². The van der Waals surface area contributed by atoms with Gasteiger partial charge in [-0.15, -0.1) is 0 Å². The van der Waals surface area contributed by atoms with E-state index in [9.17, 15) is 0 Å². The van der Waals surface area contributed by atoms with Crippen molar-refractivity contribution in [2.24, 2.45) is 0 Å². The van der Waals surface area contributed by atoms with Crippen LogP contribution in [0.4, 0.5) is 0 Å². The van der Waals surface area contributed by atoms with Crippen LogP contribution in [0.25, 0.3) is 0 Å². The molecule has 0 aromatic carbocycles. The molecule has 0 spiro atoms. The van der Waals surface area contributed by atoms with Crippen LogP contribution in [0.5, 0.6) is 0 Å². The van der Waals surface area contributed by atoms with Crippen molar-refractivity contribution >= 4 is 0 Å². The summed E-state index contributed by atoms with van der Waals surface area (Å²) in [7, 11) is 0. The third-order valence-corrected chi connectivity index (χ3v) is 3.00. The van der Waals surface area contributed by atoms with E-state index >= 15 is 0 Å². The van der Waals surface area contributed by atoms with E-state index < -0.39 is 18.1 Å². The Bertz CT molecular complexity index is 222. The summed E-state index contributed by atoms with van der Waals surface area (Å²) in [5.74, 6) is 0. The molecule has 29 heavy (non-hydrogen) atoms. The minimum absolute atomic E-state index is 0.0694. The van der Waals surface area contributed by atoms with Crippen molar-refractivity contribution in [3.8, 4) is 0 Å². The Morgan fingerprint density at radius 3 is 0.655 bits per heavy atom. The molecule has 0 radical (unpaired) electrons. The Morgan fingerprint density at radius 2 is 0.586 bits per heavy atom. The molecule has 0 bridgehead atoms. The monoisotopic (exact) mass is 472 g/mol. The Morgan fingerprint density at radius 1 is 0.448 bits per heavy atom. The van der Waals surface area contributed by atoms with Gasteiger partial charge in [0.05, 0.1) is 39.6 Å². The zero-order valence-corrected chi connectivity index (χ0v) is 19.3. The molecule has 0 rings (SSSR count). The molecule has 182 valence electrons. The van der Waals surface area contributed by atoms with E-state index in [-0.39, 0.29) is 39.6 Å². The topological polar surface area (TPSA) is 209 Å². The number of hydrogen-bond acceptors (Lipinski definition) is 12. The van der Waals surface area contributed by atoms with Gasteiger partial charge in [-0.05, 0) is 0 Å². The summed E-state index contributed by atoms with van der Waals surface area (Å²) in [5, 5.41) is 50.9. The molecule has 0 saturated carbocycles. The van der Waals surface area contributed by atoms with Crippen molar-refractivity contribution < 1.29 is 63.5 Å². The van der Waals surface area contributed by atoms with Crippen LogP contribution in [-0.2, 0) is 18.1 Å². The van der Waals surface area contributed by atoms with Gasteiger partial charge in [-0.3, -0.25) is 9.80 Å². The summed E-state index contributed by atoms with van der Waals surface area (Å²) in [5.41, 5.74) is 0. The predicted octanol–water partition coefficient (Wildman–Crippen LogP) is -3.89. The van der Waals surface area contributed by atoms with Gasteiger partial charge in [-0.1, -0.05) is 26.7 Å². The van der Waals surface area contributed by atoms with Crippen molar-refractivity contribution in [1.82, 2.24) is 9.80 Å². The second-order valence-corrected chi connectivity index (χ2v) is 7.50. The fourth-order valence-corrected chi connectivity index (χ4v) is 1.52. The minimum atomic E-state index is -5.00. The van der Waals surface area contributed by atoms with Crippen LogP contribution < -0.4 is 0 Å². The molecule has 0 aliphatic rings. The molecule has 0 aromatic heterocycles. The van der Waals surface area contributed by atoms with Crippen molar-refractivity contribution in [2.45, 2.75) is 26.7 Å². The number of aliphatic hydroxyl groups excluding tert-OH is 6. The summed E-state index contributed by atoms with van der Waals surface area (Å²) >= 11 is -5.00. The molecule has 0 aromatic rings. The van der Waals surface area contributed by atoms with Crippen LogP contribution in [0.1, 0.15) is 26.7 Å². The molecule has 0 unspecified atom stereocenters. The maximum atomic E-state index is 8.48. The number of unbranched alkanes of at least 4 members (excludes halogenated alkanes) is 1. The molecule has 0 aliphatic heterocycles. The van der Waals surface area contributed by atoms with Crippen LogP contribution in [0, 0.1) is 0 Å². The van der Waals surface area contributed by atoms with Crippen molar-refractivity contribution in [3.05, 3.63) is 0 Å². The Labute approximate surface area is 179 Å². The van der Waals surface area contributed by atoms with Gasteiger partial charge in [-0.25, -0.2) is 0 Å². The van der Waals surface area contributed by atoms with Crippen LogP contribution >= 0.6 is 0 Å². The molecular formula is C16H44N2O10Ti. The second kappa shape index (κ2) is 30.4. The molecule has 0 heterocycles. The van der Waals surface area contributed by atoms with Gasteiger partial charge < -0.3 is 30.6 Å². The van der Waals surface area contributed by atoms with Crippen molar-refractivity contribution in [1.29, 1.82) is 0 Å². The summed E-state index contributed by atoms with van der Waals surface area (Å²) in [6.45, 7) is 7.87. The van der Waals surface area contributed by atoms with E-state index in [4.69, 9.17) is 45.4 Å². The first-order chi connectivity index (χ1) is 13.6. The van der Waals surface area contributed by atoms with Crippen LogP contribution in [0.3, 0.4) is 0 Å². The Hall–Kier alpha value is 0.234. The van der Waals surface area contributed by atoms with Gasteiger partial charge in [0, 0.05) is 39.3 Å². The summed E-state index contributed by atoms with van der Waals surface area (Å²) in [6, 6.07) is 0. The van der Waals surface area contributed by atoms with E-state index in [1.165, 1.54) is 12.8 Å². The summed E-state index contributed by atoms with van der Waals surface area (Å²) < 4.78 is 29.5. The molecule has 10 N–H and O–H groups in total. The Kier molecular flexibility index (Phi) is 38.4. The average molecular weight is 472 g/mol. The van der Waals surface area contributed by atoms with E-state index in [2.05, 4.69) is 13.8 Å². The van der Waals surface area contributed by atoms with E-state index in [1.807, 2.05) is 0 Å². The van der Waals surface area contributed by atoms with E-state index in [0.717, 1.165) is 0 Å². The summed E-state index contributed by atoms with van der Waals surface area (Å²) in [6.07, 6.45) is 2.64. The molecule has 0 aliphatic carbocycles. The normalized spacial score (nSPS) is 10.6. The third kappa shape index (κ3) is 52.5. The van der Waals surface area contributed by atoms with Gasteiger partial charge in [0.1, 0.15) is 0 Å². The fourth-order valence-electron chi connectivity index (χ4n) is 1.52. The zero-order chi connectivity index (χ0) is 23.6. The molecule has 12 nitrogen and oxygen atoms in total. The predicted molar refractivity (Wildman–Crippen MR) is 105 cm³/mol. The average Bonchev–Trinajstić information content (AvgIpc) is 2.62. The van der Waals surface area contributed by atoms with Crippen LogP contribution in [0.2, 0.25) is 0 Å². The quantitative estimate of drug-likeness (QED) is 0.117. The first kappa shape index (κ1) is 36.6. The van der Waals surface area contributed by atoms with Crippen molar-refractivity contribution in [3.63, 3.8) is 0 Å². The van der Waals surface area contributed by atoms with Gasteiger partial charge in [0.15, 0.2) is 0 Å². The fraction of sp³-hybridized carbons (Fsp3) is 1.00. The second-order valence-electron chi connectivity index (χ2n) is 5.62. The van der Waals surface area contributed by atoms with Crippen molar-refractivity contribution in [2.75, 3.05) is 78.9 Å². The summed E-state index contributed by atoms with van der Waals surface area (Å²) in [4.78, 5) is 3.58. The van der Waals surface area contributed by atoms with Crippen LogP contribution in [0.15, 0.2) is 0 Å². The van der Waals surface area contributed by atoms with E-state index in [0.29, 0.717) is 39.3 Å². The molecule has 0 atom stereocenters. The zero-order valence-electron chi connectivity index (χ0n) is 17.8. The van der Waals surface area contributed by atoms with Gasteiger partial charge in [-0.2, -0.15) is 0 Å². The number of aliphatic hydroxyl groups is 6. The molecule has 13 heteroatoms. The third-order valence-electron chi connectivity index (χ3n) is 3.00.